The van der Waals surface area contributed by atoms with Crippen molar-refractivity contribution in [3.63, 3.8) is 0 Å². The second-order valence-corrected chi connectivity index (χ2v) is 14.7. The zero-order valence-corrected chi connectivity index (χ0v) is 17.9. The lowest BCUT2D eigenvalue weighted by atomic mass is 9.83. The molecule has 2 nitrogen and oxygen atoms in total. The van der Waals surface area contributed by atoms with E-state index in [1.165, 1.54) is 12.0 Å². The normalized spacial score (nSPS) is 37.3. The van der Waals surface area contributed by atoms with E-state index in [4.69, 9.17) is 9.16 Å². The number of hydrogen-bond acceptors (Lipinski definition) is 2. The van der Waals surface area contributed by atoms with Crippen LogP contribution in [0.4, 0.5) is 0 Å². The highest BCUT2D eigenvalue weighted by Crippen LogP contribution is 2.57. The maximum absolute atomic E-state index is 6.87. The fraction of sp³-hybridized carbons (Fsp3) is 0.900. The lowest BCUT2D eigenvalue weighted by Crippen LogP contribution is -2.48. The fourth-order valence-corrected chi connectivity index (χ4v) is 5.49. The van der Waals surface area contributed by atoms with E-state index in [0.717, 1.165) is 19.3 Å². The highest BCUT2D eigenvalue weighted by Gasteiger charge is 2.64. The maximum atomic E-state index is 6.87. The summed E-state index contributed by atoms with van der Waals surface area (Å²) >= 11 is 0. The summed E-state index contributed by atoms with van der Waals surface area (Å²) in [7, 11) is -1.76. The molecular formula is C20H38O2Si. The minimum Gasteiger partial charge on any atom is -0.411 e. The van der Waals surface area contributed by atoms with Gasteiger partial charge in [-0.05, 0) is 71.5 Å². The van der Waals surface area contributed by atoms with E-state index in [-0.39, 0.29) is 22.3 Å². The first-order chi connectivity index (χ1) is 10.3. The second kappa shape index (κ2) is 6.00. The van der Waals surface area contributed by atoms with Crippen molar-refractivity contribution >= 4 is 8.32 Å². The molecule has 0 aromatic rings. The molecule has 1 saturated carbocycles. The van der Waals surface area contributed by atoms with E-state index >= 15 is 0 Å². The van der Waals surface area contributed by atoms with Crippen molar-refractivity contribution in [2.24, 2.45) is 5.92 Å². The van der Waals surface area contributed by atoms with E-state index in [0.29, 0.717) is 5.92 Å². The van der Waals surface area contributed by atoms with Crippen LogP contribution in [0.15, 0.2) is 11.6 Å². The van der Waals surface area contributed by atoms with Crippen molar-refractivity contribution in [3.8, 4) is 0 Å². The average molecular weight is 339 g/mol. The number of hydrogen-bond donors (Lipinski definition) is 0. The molecule has 2 fully saturated rings. The maximum Gasteiger partial charge on any atom is 0.192 e. The zero-order chi connectivity index (χ0) is 17.7. The standard InChI is InChI=1S/C20H38O2Si/c1-15(2)11-10-13-19(6)16-12-14-20(7,22-19)17(16)21-23(8,9)18(3,4)5/h11,16-17H,10,12-14H2,1-9H3/t16-,17+,19+,20+/m0/s1. The molecule has 1 aliphatic heterocycles. The quantitative estimate of drug-likeness (QED) is 0.446. The SMILES string of the molecule is CC(C)=CCC[C@@]1(C)O[C@]2(C)CC[C@H]1[C@H]2O[Si](C)(C)C(C)(C)C. The van der Waals surface area contributed by atoms with Gasteiger partial charge in [-0.1, -0.05) is 32.4 Å². The number of allylic oxidation sites excluding steroid dienone is 2. The number of fused-ring (bicyclic) bond motifs is 2. The first-order valence-electron chi connectivity index (χ1n) is 9.32. The molecule has 1 aliphatic carbocycles. The summed E-state index contributed by atoms with van der Waals surface area (Å²) < 4.78 is 13.5. The molecule has 2 aliphatic rings. The minimum atomic E-state index is -1.76. The summed E-state index contributed by atoms with van der Waals surface area (Å²) in [4.78, 5) is 0. The number of rotatable bonds is 5. The van der Waals surface area contributed by atoms with E-state index in [1.54, 1.807) is 0 Å². The molecule has 3 heteroatoms. The monoisotopic (exact) mass is 338 g/mol. The molecule has 23 heavy (non-hydrogen) atoms. The van der Waals surface area contributed by atoms with Crippen molar-refractivity contribution in [1.82, 2.24) is 0 Å². The van der Waals surface area contributed by atoms with E-state index in [1.807, 2.05) is 0 Å². The smallest absolute Gasteiger partial charge is 0.192 e. The van der Waals surface area contributed by atoms with Crippen molar-refractivity contribution in [2.75, 3.05) is 0 Å². The van der Waals surface area contributed by atoms with Gasteiger partial charge in [0.05, 0.1) is 17.3 Å². The molecule has 0 spiro atoms. The Morgan fingerprint density at radius 1 is 1.26 bits per heavy atom. The van der Waals surface area contributed by atoms with Gasteiger partial charge in [-0.25, -0.2) is 0 Å². The number of ether oxygens (including phenoxy) is 1. The molecule has 2 rings (SSSR count). The van der Waals surface area contributed by atoms with Crippen LogP contribution < -0.4 is 0 Å². The molecule has 0 aromatic carbocycles. The van der Waals surface area contributed by atoms with Gasteiger partial charge < -0.3 is 9.16 Å². The third-order valence-corrected chi connectivity index (χ3v) is 11.0. The van der Waals surface area contributed by atoms with Gasteiger partial charge in [0, 0.05) is 5.92 Å². The molecule has 1 heterocycles. The zero-order valence-electron chi connectivity index (χ0n) is 16.9. The van der Waals surface area contributed by atoms with Crippen LogP contribution in [0.1, 0.15) is 74.1 Å². The van der Waals surface area contributed by atoms with Gasteiger partial charge in [-0.2, -0.15) is 0 Å². The highest BCUT2D eigenvalue weighted by molar-refractivity contribution is 6.74. The first kappa shape index (κ1) is 19.2. The summed E-state index contributed by atoms with van der Waals surface area (Å²) in [6.07, 6.45) is 7.23. The molecule has 0 amide bonds. The minimum absolute atomic E-state index is 0.0218. The Bertz CT molecular complexity index is 473. The third-order valence-electron chi connectivity index (χ3n) is 6.59. The Balaban J connectivity index is 2.16. The Morgan fingerprint density at radius 2 is 1.87 bits per heavy atom. The third kappa shape index (κ3) is 3.62. The van der Waals surface area contributed by atoms with Gasteiger partial charge in [-0.15, -0.1) is 0 Å². The van der Waals surface area contributed by atoms with Crippen LogP contribution in [-0.2, 0) is 9.16 Å². The Kier molecular flexibility index (Phi) is 5.01. The topological polar surface area (TPSA) is 18.5 Å². The second-order valence-electron chi connectivity index (χ2n) is 9.99. The van der Waals surface area contributed by atoms with Crippen LogP contribution in [0, 0.1) is 5.92 Å². The summed E-state index contributed by atoms with van der Waals surface area (Å²) in [5.74, 6) is 0.548. The molecule has 0 aromatic heterocycles. The van der Waals surface area contributed by atoms with Gasteiger partial charge in [-0.3, -0.25) is 0 Å². The largest absolute Gasteiger partial charge is 0.411 e. The Morgan fingerprint density at radius 3 is 2.39 bits per heavy atom. The Labute approximate surface area is 145 Å². The molecule has 0 radical (unpaired) electrons. The van der Waals surface area contributed by atoms with Crippen molar-refractivity contribution < 1.29 is 9.16 Å². The van der Waals surface area contributed by atoms with Crippen LogP contribution in [0.3, 0.4) is 0 Å². The predicted molar refractivity (Wildman–Crippen MR) is 101 cm³/mol. The van der Waals surface area contributed by atoms with E-state index in [9.17, 15) is 0 Å². The first-order valence-corrected chi connectivity index (χ1v) is 12.2. The molecular weight excluding hydrogens is 300 g/mol. The lowest BCUT2D eigenvalue weighted by molar-refractivity contribution is -0.131. The van der Waals surface area contributed by atoms with Crippen LogP contribution >= 0.6 is 0 Å². The lowest BCUT2D eigenvalue weighted by Gasteiger charge is -2.41. The van der Waals surface area contributed by atoms with Crippen LogP contribution in [-0.4, -0.2) is 25.6 Å². The van der Waals surface area contributed by atoms with Crippen LogP contribution in [0.25, 0.3) is 0 Å². The van der Waals surface area contributed by atoms with Crippen LogP contribution in [0.2, 0.25) is 18.1 Å². The molecule has 0 unspecified atom stereocenters. The van der Waals surface area contributed by atoms with Gasteiger partial charge >= 0.3 is 0 Å². The summed E-state index contributed by atoms with van der Waals surface area (Å²) in [5.41, 5.74) is 1.29. The molecule has 4 atom stereocenters. The molecule has 2 bridgehead atoms. The summed E-state index contributed by atoms with van der Waals surface area (Å²) in [6.45, 7) is 20.7. The van der Waals surface area contributed by atoms with Gasteiger partial charge in [0.1, 0.15) is 0 Å². The van der Waals surface area contributed by atoms with Crippen molar-refractivity contribution in [2.45, 2.75) is 110 Å². The highest BCUT2D eigenvalue weighted by atomic mass is 28.4. The van der Waals surface area contributed by atoms with Crippen molar-refractivity contribution in [3.05, 3.63) is 11.6 Å². The van der Waals surface area contributed by atoms with E-state index in [2.05, 4.69) is 67.6 Å². The predicted octanol–water partition coefficient (Wildman–Crippen LogP) is 6.08. The molecule has 0 N–H and O–H groups in total. The van der Waals surface area contributed by atoms with Gasteiger partial charge in [0.25, 0.3) is 0 Å². The molecule has 134 valence electrons. The fourth-order valence-electron chi connectivity index (χ4n) is 4.09. The Hall–Kier alpha value is -0.123. The van der Waals surface area contributed by atoms with Crippen LogP contribution in [0.5, 0.6) is 0 Å². The summed E-state index contributed by atoms with van der Waals surface area (Å²) in [5, 5.41) is 0.254. The van der Waals surface area contributed by atoms with Gasteiger partial charge in [0.2, 0.25) is 0 Å². The van der Waals surface area contributed by atoms with Crippen molar-refractivity contribution in [1.29, 1.82) is 0 Å². The average Bonchev–Trinajstić information content (AvgIpc) is 2.73. The van der Waals surface area contributed by atoms with E-state index < -0.39 is 8.32 Å². The van der Waals surface area contributed by atoms with Gasteiger partial charge in [0.15, 0.2) is 8.32 Å². The molecule has 1 saturated heterocycles. The summed E-state index contributed by atoms with van der Waals surface area (Å²) in [6, 6.07) is 0.